The number of amides is 2. The number of sulfonamides is 1. The number of piperidine rings is 1. The molecule has 4 rings (SSSR count). The molecule has 1 fully saturated rings. The lowest BCUT2D eigenvalue weighted by molar-refractivity contribution is -0.274. The lowest BCUT2D eigenvalue weighted by Gasteiger charge is -2.34. The average molecular weight is 565 g/mol. The molecule has 1 saturated heterocycles. The molecule has 2 N–H and O–H groups in total. The van der Waals surface area contributed by atoms with Crippen LogP contribution in [-0.2, 0) is 19.6 Å². The Morgan fingerprint density at radius 3 is 2.38 bits per heavy atom. The number of carbonyl (C=O) groups is 2. The van der Waals surface area contributed by atoms with Gasteiger partial charge in [0.1, 0.15) is 17.1 Å². The molecular formula is C26H27F3N4O5S. The van der Waals surface area contributed by atoms with Gasteiger partial charge >= 0.3 is 6.36 Å². The summed E-state index contributed by atoms with van der Waals surface area (Å²) in [6.45, 7) is 5.10. The van der Waals surface area contributed by atoms with Crippen LogP contribution in [0.15, 0.2) is 46.8 Å². The van der Waals surface area contributed by atoms with Crippen molar-refractivity contribution in [2.75, 3.05) is 18.4 Å². The molecule has 0 saturated carbocycles. The molecule has 0 aliphatic carbocycles. The minimum absolute atomic E-state index is 0.0352. The highest BCUT2D eigenvalue weighted by atomic mass is 32.2. The van der Waals surface area contributed by atoms with Crippen LogP contribution in [0.1, 0.15) is 42.0 Å². The summed E-state index contributed by atoms with van der Waals surface area (Å²) in [7, 11) is -3.82. The Morgan fingerprint density at radius 1 is 1.15 bits per heavy atom. The first-order valence-corrected chi connectivity index (χ1v) is 13.5. The maximum Gasteiger partial charge on any atom is 0.573 e. The second-order valence-corrected chi connectivity index (χ2v) is 11.3. The largest absolute Gasteiger partial charge is 0.573 e. The number of nitrogens with one attached hydrogen (secondary N) is 2. The number of nitrogens with zero attached hydrogens (tertiary/aromatic N) is 2. The Morgan fingerprint density at radius 2 is 1.79 bits per heavy atom. The predicted octanol–water partition coefficient (Wildman–Crippen LogP) is 3.87. The Hall–Kier alpha value is -3.71. The van der Waals surface area contributed by atoms with Crippen molar-refractivity contribution in [3.05, 3.63) is 64.1 Å². The van der Waals surface area contributed by atoms with E-state index >= 15 is 0 Å². The lowest BCUT2D eigenvalue weighted by Crippen LogP contribution is -2.50. The molecule has 2 aliphatic rings. The van der Waals surface area contributed by atoms with E-state index in [1.807, 2.05) is 13.8 Å². The van der Waals surface area contributed by atoms with Crippen LogP contribution in [0.2, 0.25) is 0 Å². The third kappa shape index (κ3) is 6.48. The number of aryl methyl sites for hydroxylation is 2. The van der Waals surface area contributed by atoms with Crippen molar-refractivity contribution in [3.8, 4) is 5.75 Å². The summed E-state index contributed by atoms with van der Waals surface area (Å²) in [5.74, 6) is -0.977. The summed E-state index contributed by atoms with van der Waals surface area (Å²) < 4.78 is 69.1. The minimum Gasteiger partial charge on any atom is -0.406 e. The number of hydrogen-bond donors (Lipinski definition) is 2. The molecular weight excluding hydrogens is 537 g/mol. The smallest absolute Gasteiger partial charge is 0.406 e. The van der Waals surface area contributed by atoms with Crippen LogP contribution in [0.5, 0.6) is 5.75 Å². The maximum atomic E-state index is 13.1. The fourth-order valence-electron chi connectivity index (χ4n) is 4.70. The van der Waals surface area contributed by atoms with Gasteiger partial charge in [-0.2, -0.15) is 4.31 Å². The fourth-order valence-corrected chi connectivity index (χ4v) is 5.87. The standard InChI is InChI=1S/C26H27F3N4O5S/c1-16-13-20(30-18(3)34)14-17(2)22(16)7-12-39(36,37)33-10-8-25(9-11-33)24(35)31-23(32-25)19-5-4-6-21(15-19)38-26(27,28)29/h4-7,12-15H,8-11H2,1-3H3,(H,30,34)(H,31,32,35). The highest BCUT2D eigenvalue weighted by Gasteiger charge is 2.47. The van der Waals surface area contributed by atoms with E-state index in [2.05, 4.69) is 20.4 Å². The molecule has 1 spiro atoms. The molecule has 0 unspecified atom stereocenters. The highest BCUT2D eigenvalue weighted by molar-refractivity contribution is 7.92. The zero-order valence-corrected chi connectivity index (χ0v) is 22.2. The van der Waals surface area contributed by atoms with Crippen molar-refractivity contribution in [1.29, 1.82) is 0 Å². The molecule has 2 aromatic rings. The zero-order chi connectivity index (χ0) is 28.6. The Balaban J connectivity index is 1.47. The van der Waals surface area contributed by atoms with Crippen LogP contribution in [0.3, 0.4) is 0 Å². The van der Waals surface area contributed by atoms with E-state index in [0.717, 1.165) is 28.7 Å². The van der Waals surface area contributed by atoms with Crippen LogP contribution in [0.25, 0.3) is 6.08 Å². The van der Waals surface area contributed by atoms with Gasteiger partial charge in [-0.3, -0.25) is 14.6 Å². The van der Waals surface area contributed by atoms with Crippen LogP contribution in [-0.4, -0.2) is 55.4 Å². The topological polar surface area (TPSA) is 117 Å². The molecule has 2 aliphatic heterocycles. The Bertz CT molecular complexity index is 1450. The first-order chi connectivity index (χ1) is 18.2. The summed E-state index contributed by atoms with van der Waals surface area (Å²) in [6, 6.07) is 8.63. The molecule has 39 heavy (non-hydrogen) atoms. The molecule has 2 aromatic carbocycles. The third-order valence-corrected chi connectivity index (χ3v) is 8.12. The number of alkyl halides is 3. The van der Waals surface area contributed by atoms with Crippen molar-refractivity contribution >= 4 is 39.4 Å². The van der Waals surface area contributed by atoms with E-state index < -0.39 is 33.6 Å². The molecule has 0 bridgehead atoms. The monoisotopic (exact) mass is 564 g/mol. The number of ether oxygens (including phenoxy) is 1. The van der Waals surface area contributed by atoms with Gasteiger partial charge in [-0.05, 0) is 73.7 Å². The van der Waals surface area contributed by atoms with Crippen molar-refractivity contribution in [2.24, 2.45) is 4.99 Å². The van der Waals surface area contributed by atoms with E-state index in [1.165, 1.54) is 29.4 Å². The number of anilines is 1. The molecule has 0 radical (unpaired) electrons. The molecule has 9 nitrogen and oxygen atoms in total. The van der Waals surface area contributed by atoms with E-state index in [-0.39, 0.29) is 43.2 Å². The number of aliphatic imine (C=N–C) groups is 1. The first kappa shape index (κ1) is 28.3. The SMILES string of the molecule is CC(=O)Nc1cc(C)c(C=CS(=O)(=O)N2CCC3(CC2)N=C(c2cccc(OC(F)(F)F)c2)NC3=O)c(C)c1. The van der Waals surface area contributed by atoms with Crippen molar-refractivity contribution < 1.29 is 35.9 Å². The van der Waals surface area contributed by atoms with Gasteiger partial charge in [-0.1, -0.05) is 12.1 Å². The van der Waals surface area contributed by atoms with Gasteiger partial charge in [0.2, 0.25) is 15.9 Å². The molecule has 208 valence electrons. The molecule has 2 heterocycles. The van der Waals surface area contributed by atoms with Gasteiger partial charge in [0.25, 0.3) is 5.91 Å². The van der Waals surface area contributed by atoms with Gasteiger partial charge in [-0.15, -0.1) is 13.2 Å². The molecule has 0 aromatic heterocycles. The molecule has 13 heteroatoms. The van der Waals surface area contributed by atoms with Crippen molar-refractivity contribution in [3.63, 3.8) is 0 Å². The second-order valence-electron chi connectivity index (χ2n) is 9.47. The summed E-state index contributed by atoms with van der Waals surface area (Å²) in [5, 5.41) is 6.44. The van der Waals surface area contributed by atoms with Gasteiger partial charge < -0.3 is 15.4 Å². The normalized spacial score (nSPS) is 17.8. The Kier molecular flexibility index (Phi) is 7.59. The zero-order valence-electron chi connectivity index (χ0n) is 21.4. The lowest BCUT2D eigenvalue weighted by atomic mass is 9.89. The number of halogens is 3. The number of hydrogen-bond acceptors (Lipinski definition) is 6. The first-order valence-electron chi connectivity index (χ1n) is 12.0. The Labute approximate surface area is 223 Å². The number of rotatable bonds is 6. The van der Waals surface area contributed by atoms with Gasteiger partial charge in [0.15, 0.2) is 0 Å². The summed E-state index contributed by atoms with van der Waals surface area (Å²) in [5.41, 5.74) is 1.94. The summed E-state index contributed by atoms with van der Waals surface area (Å²) in [4.78, 5) is 28.6. The number of amidine groups is 1. The number of carbonyl (C=O) groups excluding carboxylic acids is 2. The van der Waals surface area contributed by atoms with Gasteiger partial charge in [0, 0.05) is 36.7 Å². The van der Waals surface area contributed by atoms with Crippen LogP contribution < -0.4 is 15.4 Å². The van der Waals surface area contributed by atoms with E-state index in [0.29, 0.717) is 11.3 Å². The van der Waals surface area contributed by atoms with Crippen LogP contribution in [0.4, 0.5) is 18.9 Å². The molecule has 2 amide bonds. The summed E-state index contributed by atoms with van der Waals surface area (Å²) >= 11 is 0. The number of benzene rings is 2. The highest BCUT2D eigenvalue weighted by Crippen LogP contribution is 2.33. The van der Waals surface area contributed by atoms with Gasteiger partial charge in [0.05, 0.1) is 0 Å². The van der Waals surface area contributed by atoms with Crippen LogP contribution >= 0.6 is 0 Å². The van der Waals surface area contributed by atoms with E-state index in [4.69, 9.17) is 0 Å². The summed E-state index contributed by atoms with van der Waals surface area (Å²) in [6.07, 6.45) is -3.13. The maximum absolute atomic E-state index is 13.1. The van der Waals surface area contributed by atoms with Crippen LogP contribution in [0, 0.1) is 13.8 Å². The molecule has 0 atom stereocenters. The minimum atomic E-state index is -4.86. The fraction of sp³-hybridized carbons (Fsp3) is 0.346. The van der Waals surface area contributed by atoms with Gasteiger partial charge in [-0.25, -0.2) is 8.42 Å². The second kappa shape index (κ2) is 10.5. The quantitative estimate of drug-likeness (QED) is 0.553. The average Bonchev–Trinajstić information content (AvgIpc) is 3.13. The van der Waals surface area contributed by atoms with E-state index in [9.17, 15) is 31.2 Å². The van der Waals surface area contributed by atoms with Crippen molar-refractivity contribution in [1.82, 2.24) is 9.62 Å². The van der Waals surface area contributed by atoms with E-state index in [1.54, 1.807) is 12.1 Å². The van der Waals surface area contributed by atoms with Crippen molar-refractivity contribution in [2.45, 2.75) is 45.5 Å². The third-order valence-electron chi connectivity index (χ3n) is 6.55. The predicted molar refractivity (Wildman–Crippen MR) is 140 cm³/mol.